The molecule has 3 aliphatic rings. The predicted octanol–water partition coefficient (Wildman–Crippen LogP) is 2.50. The standard InChI is InChI=1S/C38H45N7O7S/c1-24(2)17-32-38(50)45-21-28(46)19-33(45)37(49)40-31(18-26-12-16-53-23-26)36(48)39-13-11-25-7-9-29(10-8-25)51-15-14-44-20-27(42-43-44)22-52-34-6-4-3-5-30(34)35(47)41-32/h3-10,12,16,20,23-24,28,31-33,46H,11,13-15,17-19,21-22H2,1-2H3,(H,39,48)(H,40,49)(H,41,47)/t28-,31-,32+,33+/m0/s1. The van der Waals surface area contributed by atoms with E-state index in [9.17, 15) is 24.3 Å². The summed E-state index contributed by atoms with van der Waals surface area (Å²) < 4.78 is 13.6. The summed E-state index contributed by atoms with van der Waals surface area (Å²) in [5.41, 5.74) is 2.65. The summed E-state index contributed by atoms with van der Waals surface area (Å²) in [7, 11) is 0. The predicted molar refractivity (Wildman–Crippen MR) is 196 cm³/mol. The van der Waals surface area contributed by atoms with Crippen LogP contribution in [0.5, 0.6) is 11.5 Å². The van der Waals surface area contributed by atoms with Crippen LogP contribution in [-0.2, 0) is 40.4 Å². The largest absolute Gasteiger partial charge is 0.492 e. The molecule has 53 heavy (non-hydrogen) atoms. The number of aliphatic hydroxyl groups is 1. The van der Waals surface area contributed by atoms with Gasteiger partial charge in [-0.05, 0) is 71.0 Å². The Morgan fingerprint density at radius 2 is 1.79 bits per heavy atom. The Kier molecular flexibility index (Phi) is 12.4. The molecule has 4 aromatic rings. The van der Waals surface area contributed by atoms with Gasteiger partial charge in [-0.2, -0.15) is 11.3 Å². The molecule has 5 heterocycles. The minimum atomic E-state index is -1.05. The molecule has 1 saturated heterocycles. The Morgan fingerprint density at radius 3 is 2.57 bits per heavy atom. The molecule has 0 unspecified atom stereocenters. The zero-order valence-electron chi connectivity index (χ0n) is 29.8. The fourth-order valence-electron chi connectivity index (χ4n) is 6.47. The zero-order chi connectivity index (χ0) is 37.3. The monoisotopic (exact) mass is 743 g/mol. The van der Waals surface area contributed by atoms with Crippen LogP contribution in [0.15, 0.2) is 71.6 Å². The Morgan fingerprint density at radius 1 is 0.981 bits per heavy atom. The number of hydrogen-bond acceptors (Lipinski definition) is 10. The first-order valence-electron chi connectivity index (χ1n) is 17.8. The quantitative estimate of drug-likeness (QED) is 0.245. The van der Waals surface area contributed by atoms with E-state index >= 15 is 0 Å². The second-order valence-corrected chi connectivity index (χ2v) is 14.5. The Bertz CT molecular complexity index is 1860. The lowest BCUT2D eigenvalue weighted by Gasteiger charge is -2.30. The molecule has 1 fully saturated rings. The number of benzene rings is 2. The van der Waals surface area contributed by atoms with Crippen LogP contribution >= 0.6 is 11.3 Å². The number of nitrogens with one attached hydrogen (secondary N) is 3. The van der Waals surface area contributed by atoms with Crippen LogP contribution in [0.4, 0.5) is 0 Å². The van der Waals surface area contributed by atoms with Crippen LogP contribution in [0.2, 0.25) is 0 Å². The third-order valence-corrected chi connectivity index (χ3v) is 9.88. The van der Waals surface area contributed by atoms with Gasteiger partial charge in [0.25, 0.3) is 5.91 Å². The van der Waals surface area contributed by atoms with Crippen molar-refractivity contribution in [3.63, 3.8) is 0 Å². The van der Waals surface area contributed by atoms with Crippen LogP contribution in [0.3, 0.4) is 0 Å². The topological polar surface area (TPSA) is 177 Å². The molecule has 2 aromatic heterocycles. The number of fused-ring (bicyclic) bond motifs is 14. The maximum atomic E-state index is 14.2. The lowest BCUT2D eigenvalue weighted by Crippen LogP contribution is -2.57. The SMILES string of the molecule is CC(C)C[C@H]1NC(=O)c2ccccc2OCc2cn(nn2)CCOc2ccc(cc2)CCNC(=O)[C@H](Cc2ccsc2)NC(=O)[C@H]2C[C@H](O)CN2C1=O. The summed E-state index contributed by atoms with van der Waals surface area (Å²) in [5.74, 6) is -0.951. The minimum absolute atomic E-state index is 0.00439. The highest BCUT2D eigenvalue weighted by atomic mass is 32.1. The van der Waals surface area contributed by atoms with Gasteiger partial charge in [0.1, 0.15) is 48.5 Å². The van der Waals surface area contributed by atoms with Crippen molar-refractivity contribution >= 4 is 35.0 Å². The average Bonchev–Trinajstić information content (AvgIpc) is 3.92. The minimum Gasteiger partial charge on any atom is -0.492 e. The first kappa shape index (κ1) is 37.5. The molecule has 4 bridgehead atoms. The van der Waals surface area contributed by atoms with E-state index in [2.05, 4.69) is 26.3 Å². The van der Waals surface area contributed by atoms with Gasteiger partial charge in [0, 0.05) is 25.9 Å². The van der Waals surface area contributed by atoms with E-state index in [-0.39, 0.29) is 49.8 Å². The first-order valence-corrected chi connectivity index (χ1v) is 18.8. The van der Waals surface area contributed by atoms with Gasteiger partial charge in [-0.25, -0.2) is 4.68 Å². The van der Waals surface area contributed by atoms with Crippen molar-refractivity contribution in [3.8, 4) is 11.5 Å². The number of rotatable bonds is 4. The molecule has 14 nitrogen and oxygen atoms in total. The van der Waals surface area contributed by atoms with Crippen LogP contribution < -0.4 is 25.4 Å². The van der Waals surface area contributed by atoms with E-state index < -0.39 is 42.0 Å². The van der Waals surface area contributed by atoms with E-state index in [1.807, 2.05) is 54.9 Å². The van der Waals surface area contributed by atoms with Gasteiger partial charge in [0.15, 0.2) is 0 Å². The molecule has 7 rings (SSSR count). The number of para-hydroxylation sites is 1. The van der Waals surface area contributed by atoms with Gasteiger partial charge in [0.2, 0.25) is 17.7 Å². The molecule has 4 atom stereocenters. The first-order chi connectivity index (χ1) is 25.6. The van der Waals surface area contributed by atoms with E-state index in [0.717, 1.165) is 11.1 Å². The summed E-state index contributed by atoms with van der Waals surface area (Å²) in [5, 5.41) is 31.6. The number of aliphatic hydroxyl groups excluding tert-OH is 1. The highest BCUT2D eigenvalue weighted by Crippen LogP contribution is 2.24. The normalized spacial score (nSPS) is 22.2. The van der Waals surface area contributed by atoms with Gasteiger partial charge in [-0.15, -0.1) is 5.10 Å². The maximum absolute atomic E-state index is 14.2. The van der Waals surface area contributed by atoms with Crippen LogP contribution in [0, 0.1) is 5.92 Å². The number of aromatic nitrogens is 3. The molecular weight excluding hydrogens is 699 g/mol. The van der Waals surface area contributed by atoms with Gasteiger partial charge >= 0.3 is 0 Å². The number of thiophene rings is 1. The number of ether oxygens (including phenoxy) is 2. The fraction of sp³-hybridized carbons (Fsp3) is 0.421. The van der Waals surface area contributed by atoms with Crippen molar-refractivity contribution in [3.05, 3.63) is 93.9 Å². The molecule has 3 aliphatic heterocycles. The van der Waals surface area contributed by atoms with E-state index in [1.54, 1.807) is 35.1 Å². The molecule has 4 N–H and O–H groups in total. The van der Waals surface area contributed by atoms with Crippen molar-refractivity contribution in [1.82, 2.24) is 35.8 Å². The molecule has 0 radical (unpaired) electrons. The second-order valence-electron chi connectivity index (χ2n) is 13.7. The van der Waals surface area contributed by atoms with Gasteiger partial charge < -0.3 is 35.4 Å². The van der Waals surface area contributed by atoms with Gasteiger partial charge in [-0.3, -0.25) is 19.2 Å². The summed E-state index contributed by atoms with van der Waals surface area (Å²) in [4.78, 5) is 56.8. The van der Waals surface area contributed by atoms with Crippen LogP contribution in [0.1, 0.15) is 53.9 Å². The highest BCUT2D eigenvalue weighted by molar-refractivity contribution is 7.07. The van der Waals surface area contributed by atoms with Crippen molar-refractivity contribution in [1.29, 1.82) is 0 Å². The molecule has 0 spiro atoms. The van der Waals surface area contributed by atoms with E-state index in [1.165, 1.54) is 16.2 Å². The number of carbonyl (C=O) groups excluding carboxylic acids is 4. The lowest BCUT2D eigenvalue weighted by molar-refractivity contribution is -0.141. The third kappa shape index (κ3) is 9.99. The number of carbonyl (C=O) groups is 4. The smallest absolute Gasteiger partial charge is 0.255 e. The average molecular weight is 744 g/mol. The summed E-state index contributed by atoms with van der Waals surface area (Å²) in [6.07, 6.45) is 1.87. The summed E-state index contributed by atoms with van der Waals surface area (Å²) in [6.45, 7) is 4.95. The maximum Gasteiger partial charge on any atom is 0.255 e. The van der Waals surface area contributed by atoms with Gasteiger partial charge in [-0.1, -0.05) is 43.3 Å². The molecule has 15 heteroatoms. The molecule has 280 valence electrons. The van der Waals surface area contributed by atoms with Crippen molar-refractivity contribution < 1.29 is 33.8 Å². The van der Waals surface area contributed by atoms with Crippen LogP contribution in [0.25, 0.3) is 0 Å². The zero-order valence-corrected chi connectivity index (χ0v) is 30.6. The third-order valence-electron chi connectivity index (χ3n) is 9.15. The molecular formula is C38H45N7O7S. The van der Waals surface area contributed by atoms with E-state index in [4.69, 9.17) is 9.47 Å². The highest BCUT2D eigenvalue weighted by Gasteiger charge is 2.42. The van der Waals surface area contributed by atoms with Crippen LogP contribution in [-0.4, -0.2) is 92.6 Å². The Balaban J connectivity index is 1.27. The summed E-state index contributed by atoms with van der Waals surface area (Å²) >= 11 is 1.49. The Labute approximate surface area is 311 Å². The van der Waals surface area contributed by atoms with Crippen molar-refractivity contribution in [2.75, 3.05) is 19.7 Å². The van der Waals surface area contributed by atoms with E-state index in [0.29, 0.717) is 43.3 Å². The lowest BCUT2D eigenvalue weighted by atomic mass is 10.0. The summed E-state index contributed by atoms with van der Waals surface area (Å²) in [6, 6.07) is 13.2. The fourth-order valence-corrected chi connectivity index (χ4v) is 7.15. The molecule has 0 aliphatic carbocycles. The number of amides is 4. The molecule has 4 amide bonds. The molecule has 0 saturated carbocycles. The second kappa shape index (κ2) is 17.5. The Hall–Kier alpha value is -5.28. The van der Waals surface area contributed by atoms with Gasteiger partial charge in [0.05, 0.1) is 24.4 Å². The van der Waals surface area contributed by atoms with Crippen molar-refractivity contribution in [2.24, 2.45) is 5.92 Å². The molecule has 2 aromatic carbocycles. The van der Waals surface area contributed by atoms with Crippen molar-refractivity contribution in [2.45, 2.75) is 76.9 Å². The number of nitrogens with zero attached hydrogens (tertiary/aromatic N) is 4. The number of hydrogen-bond donors (Lipinski definition) is 4.